The smallest absolute Gasteiger partial charge is 0.623 e. The zero-order chi connectivity index (χ0) is 23.5. The topological polar surface area (TPSA) is 33.1 Å². The van der Waals surface area contributed by atoms with Gasteiger partial charge in [0.05, 0.1) is 12.0 Å². The number of aliphatic hydroxyl groups is 1. The third kappa shape index (κ3) is 8.13. The van der Waals surface area contributed by atoms with Gasteiger partial charge in [0, 0.05) is 0 Å². The van der Waals surface area contributed by atoms with Gasteiger partial charge in [0.25, 0.3) is 0 Å². The van der Waals surface area contributed by atoms with E-state index in [0.29, 0.717) is 0 Å². The molecule has 4 rings (SSSR count). The predicted octanol–water partition coefficient (Wildman–Crippen LogP) is 6.06. The van der Waals surface area contributed by atoms with Crippen LogP contribution in [0.3, 0.4) is 0 Å². The van der Waals surface area contributed by atoms with Crippen LogP contribution in [0.5, 0.6) is 5.75 Å². The molecule has 34 heavy (non-hydrogen) atoms. The van der Waals surface area contributed by atoms with Crippen LogP contribution < -0.4 is 5.43 Å². The normalized spacial score (nSPS) is 11.2. The third-order valence-corrected chi connectivity index (χ3v) is 5.36. The van der Waals surface area contributed by atoms with E-state index in [1.807, 2.05) is 42.5 Å². The summed E-state index contributed by atoms with van der Waals surface area (Å²) in [5, 5.41) is 0. The van der Waals surface area contributed by atoms with Crippen molar-refractivity contribution in [1.29, 1.82) is 0 Å². The monoisotopic (exact) mass is 541 g/mol. The zero-order valence-corrected chi connectivity index (χ0v) is 21.8. The molecule has 0 atom stereocenters. The fourth-order valence-corrected chi connectivity index (χ4v) is 3.67. The van der Waals surface area contributed by atoms with Gasteiger partial charge in [0.2, 0.25) is 5.75 Å². The molecule has 0 aliphatic rings. The molecule has 1 N–H and O–H groups in total. The van der Waals surface area contributed by atoms with Crippen LogP contribution in [0.1, 0.15) is 30.0 Å². The first-order valence-corrected chi connectivity index (χ1v) is 11.4. The van der Waals surface area contributed by atoms with Crippen LogP contribution in [0.4, 0.5) is 0 Å². The molecule has 0 amide bonds. The molecule has 0 unspecified atom stereocenters. The van der Waals surface area contributed by atoms with Gasteiger partial charge in [0.15, 0.2) is 6.61 Å². The van der Waals surface area contributed by atoms with Crippen molar-refractivity contribution in [1.82, 2.24) is 4.90 Å². The summed E-state index contributed by atoms with van der Waals surface area (Å²) in [6, 6.07) is 34.0. The van der Waals surface area contributed by atoms with Crippen LogP contribution in [0.25, 0.3) is 11.1 Å². The maximum Gasteiger partial charge on any atom is 2.00 e. The van der Waals surface area contributed by atoms with Crippen LogP contribution in [-0.2, 0) is 19.5 Å². The van der Waals surface area contributed by atoms with Crippen molar-refractivity contribution < 1.29 is 24.2 Å². The third-order valence-electron chi connectivity index (χ3n) is 5.36. The van der Waals surface area contributed by atoms with E-state index in [1.165, 1.54) is 16.7 Å². The van der Waals surface area contributed by atoms with E-state index in [1.54, 1.807) is 12.1 Å². The Labute approximate surface area is 216 Å². The van der Waals surface area contributed by atoms with Gasteiger partial charge in [-0.15, -0.1) is 24.3 Å². The van der Waals surface area contributed by atoms with Crippen LogP contribution in [0, 0.1) is 0 Å². The molecule has 0 spiro atoms. The van der Waals surface area contributed by atoms with Crippen molar-refractivity contribution in [2.24, 2.45) is 0 Å². The first-order chi connectivity index (χ1) is 16.1. The van der Waals surface area contributed by atoms with Crippen molar-refractivity contribution in [2.75, 3.05) is 27.2 Å². The molecule has 4 heteroatoms. The first kappa shape index (κ1) is 27.3. The maximum absolute atomic E-state index is 11.6. The summed E-state index contributed by atoms with van der Waals surface area (Å²) < 4.78 is 4.65. The van der Waals surface area contributed by atoms with Crippen molar-refractivity contribution in [3.05, 3.63) is 130 Å². The molecule has 0 heterocycles. The Morgan fingerprint density at radius 2 is 1.71 bits per heavy atom. The van der Waals surface area contributed by atoms with E-state index in [9.17, 15) is 4.79 Å². The van der Waals surface area contributed by atoms with Crippen molar-refractivity contribution in [2.45, 2.75) is 13.3 Å². The summed E-state index contributed by atoms with van der Waals surface area (Å²) >= 11 is 0. The molecule has 178 valence electrons. The van der Waals surface area contributed by atoms with Gasteiger partial charge < -0.3 is 14.4 Å². The van der Waals surface area contributed by atoms with Crippen molar-refractivity contribution >= 4 is 11.1 Å². The quantitative estimate of drug-likeness (QED) is 0.155. The Hall–Kier alpha value is -2.94. The number of nitrogens with zero attached hydrogens (tertiary/aromatic N) is 1. The van der Waals surface area contributed by atoms with E-state index in [-0.39, 0.29) is 24.9 Å². The van der Waals surface area contributed by atoms with Crippen molar-refractivity contribution in [3.8, 4) is 5.75 Å². The average Bonchev–Trinajstić information content (AvgIpc) is 3.56. The maximum atomic E-state index is 11.6. The Morgan fingerprint density at radius 3 is 2.21 bits per heavy atom. The van der Waals surface area contributed by atoms with Crippen LogP contribution in [-0.4, -0.2) is 36.9 Å². The Kier molecular flexibility index (Phi) is 11.5. The number of aromatic hydroxyl groups is 1. The molecule has 0 aliphatic heterocycles. The first-order valence-electron chi connectivity index (χ1n) is 11.4. The largest absolute Gasteiger partial charge is 2.00 e. The van der Waals surface area contributed by atoms with Gasteiger partial charge in [-0.05, 0) is 43.8 Å². The predicted molar refractivity (Wildman–Crippen MR) is 140 cm³/mol. The average molecular weight is 541 g/mol. The second-order valence-electron chi connectivity index (χ2n) is 8.10. The van der Waals surface area contributed by atoms with Crippen LogP contribution in [0.15, 0.2) is 108 Å². The summed E-state index contributed by atoms with van der Waals surface area (Å²) in [4.78, 5) is 13.7. The Morgan fingerprint density at radius 1 is 1.03 bits per heavy atom. The van der Waals surface area contributed by atoms with E-state index in [4.69, 9.17) is 0 Å². The number of ether oxygens (including phenoxy) is 1. The molecule has 0 bridgehead atoms. The second-order valence-corrected chi connectivity index (χ2v) is 8.10. The van der Waals surface area contributed by atoms with Gasteiger partial charge in [0.1, 0.15) is 0 Å². The molecular formula is C30H33NO2Ru. The van der Waals surface area contributed by atoms with E-state index in [2.05, 4.69) is 79.2 Å². The van der Waals surface area contributed by atoms with Gasteiger partial charge >= 0.3 is 19.5 Å². The molecule has 0 radical (unpaired) electrons. The minimum atomic E-state index is 0. The molecule has 0 saturated heterocycles. The van der Waals surface area contributed by atoms with Gasteiger partial charge in [-0.3, -0.25) is 0 Å². The Bertz CT molecular complexity index is 1110. The molecule has 4 aromatic carbocycles. The molecule has 0 fully saturated rings. The van der Waals surface area contributed by atoms with Crippen molar-refractivity contribution in [3.63, 3.8) is 0 Å². The number of likely N-dealkylation sites (N-methyl/N-ethyl adjacent to an activating group) is 1. The standard InChI is InChI=1S/C25H28NO2.C5H5.Ru/c1-4-24(19-7-5-6-8-19)25(20-9-13-22(27)14-10-20)21-11-15-23(16-12-21)28-18-17-26(2)3;1-2-4-5-3-1;/h5-16,28H,4,17-18H2,1-3H3;1-5H;/q2*-1;+2/b25-24-;;. The minimum absolute atomic E-state index is 0. The van der Waals surface area contributed by atoms with Gasteiger partial charge in [-0.2, -0.15) is 30.3 Å². The molecule has 0 aromatic heterocycles. The van der Waals surface area contributed by atoms with E-state index >= 15 is 0 Å². The zero-order valence-electron chi connectivity index (χ0n) is 20.1. The number of benzene rings is 2. The van der Waals surface area contributed by atoms with Crippen LogP contribution >= 0.6 is 0 Å². The molecule has 0 aliphatic carbocycles. The molecule has 3 nitrogen and oxygen atoms in total. The number of hydrogen-bond acceptors (Lipinski definition) is 2. The summed E-state index contributed by atoms with van der Waals surface area (Å²) in [5.41, 5.74) is 5.92. The van der Waals surface area contributed by atoms with E-state index < -0.39 is 0 Å². The van der Waals surface area contributed by atoms with E-state index in [0.717, 1.165) is 36.4 Å². The van der Waals surface area contributed by atoms with Gasteiger partial charge in [-0.25, -0.2) is 12.1 Å². The fourth-order valence-electron chi connectivity index (χ4n) is 3.67. The number of hydrogen-bond donors (Lipinski definition) is 0. The Balaban J connectivity index is 0.000000603. The van der Waals surface area contributed by atoms with Crippen LogP contribution in [0.2, 0.25) is 0 Å². The summed E-state index contributed by atoms with van der Waals surface area (Å²) in [5.74, 6) is 0.992. The van der Waals surface area contributed by atoms with Gasteiger partial charge in [-0.1, -0.05) is 47.9 Å². The minimum Gasteiger partial charge on any atom is -0.623 e. The molecule has 0 saturated carbocycles. The summed E-state index contributed by atoms with van der Waals surface area (Å²) in [6.45, 7) is 3.90. The number of allylic oxidation sites excluding steroid dienone is 1. The summed E-state index contributed by atoms with van der Waals surface area (Å²) in [6.07, 6.45) is 0.910. The second kappa shape index (κ2) is 14.4. The molecular weight excluding hydrogens is 507 g/mol. The number of rotatable bonds is 8. The fraction of sp³-hybridized carbons (Fsp3) is 0.200. The summed E-state index contributed by atoms with van der Waals surface area (Å²) in [7, 11) is 4.11. The SMILES string of the molecule is CC/C(=C(\c1ccc(=O)[cH-]c1)[c+]1cc[c-]([OH+]CCN(C)C)cc1)[c-]1cccc1.[Ru+2].c1cc[cH-]c1. The molecule has 4 aromatic rings.